The van der Waals surface area contributed by atoms with Gasteiger partial charge in [-0.25, -0.2) is 0 Å². The third kappa shape index (κ3) is 3.59. The minimum Gasteiger partial charge on any atom is -0.368 e. The molecule has 2 aromatic rings. The average molecular weight is 340 g/mol. The summed E-state index contributed by atoms with van der Waals surface area (Å²) < 4.78 is 0. The number of aryl methyl sites for hydroxylation is 2. The van der Waals surface area contributed by atoms with Gasteiger partial charge in [0.2, 0.25) is 0 Å². The van der Waals surface area contributed by atoms with E-state index in [1.165, 1.54) is 11.3 Å². The molecule has 0 atom stereocenters. The number of amides is 1. The summed E-state index contributed by atoms with van der Waals surface area (Å²) >= 11 is 1.68. The predicted molar refractivity (Wildman–Crippen MR) is 102 cm³/mol. The summed E-state index contributed by atoms with van der Waals surface area (Å²) in [6.07, 6.45) is 2.04. The van der Waals surface area contributed by atoms with Crippen LogP contribution in [0.3, 0.4) is 0 Å². The standard InChI is InChI=1S/C20H24N2OS/c1-15-5-4-6-17(13-15)21-9-11-22(12-10-21)20(23)19-14-18(24-3)8-7-16(19)2/h4-8,13-14H,9-12H2,1-3H3. The zero-order valence-electron chi connectivity index (χ0n) is 14.6. The Balaban J connectivity index is 1.69. The van der Waals surface area contributed by atoms with E-state index in [0.29, 0.717) is 0 Å². The maximum atomic E-state index is 12.9. The molecule has 1 fully saturated rings. The van der Waals surface area contributed by atoms with Crippen molar-refractivity contribution in [1.29, 1.82) is 0 Å². The van der Waals surface area contributed by atoms with Crippen LogP contribution in [0.15, 0.2) is 47.4 Å². The molecule has 1 aliphatic rings. The Morgan fingerprint density at radius 3 is 2.42 bits per heavy atom. The molecule has 1 aliphatic heterocycles. The van der Waals surface area contributed by atoms with E-state index in [2.05, 4.69) is 42.2 Å². The van der Waals surface area contributed by atoms with Crippen LogP contribution in [-0.2, 0) is 0 Å². The van der Waals surface area contributed by atoms with Crippen molar-refractivity contribution in [3.63, 3.8) is 0 Å². The Morgan fingerprint density at radius 2 is 1.75 bits per heavy atom. The number of thioether (sulfide) groups is 1. The maximum absolute atomic E-state index is 12.9. The Bertz CT molecular complexity index is 736. The summed E-state index contributed by atoms with van der Waals surface area (Å²) in [4.78, 5) is 18.4. The Morgan fingerprint density at radius 1 is 1.00 bits per heavy atom. The predicted octanol–water partition coefficient (Wildman–Crippen LogP) is 3.99. The highest BCUT2D eigenvalue weighted by Gasteiger charge is 2.23. The zero-order chi connectivity index (χ0) is 17.1. The van der Waals surface area contributed by atoms with Crippen molar-refractivity contribution in [2.75, 3.05) is 37.3 Å². The summed E-state index contributed by atoms with van der Waals surface area (Å²) in [5.41, 5.74) is 4.42. The van der Waals surface area contributed by atoms with Gasteiger partial charge in [0, 0.05) is 42.3 Å². The number of hydrogen-bond acceptors (Lipinski definition) is 3. The van der Waals surface area contributed by atoms with Gasteiger partial charge in [-0.1, -0.05) is 18.2 Å². The van der Waals surface area contributed by atoms with Gasteiger partial charge in [0.05, 0.1) is 0 Å². The topological polar surface area (TPSA) is 23.6 Å². The van der Waals surface area contributed by atoms with E-state index in [9.17, 15) is 4.79 Å². The number of carbonyl (C=O) groups excluding carboxylic acids is 1. The number of nitrogens with zero attached hydrogens (tertiary/aromatic N) is 2. The van der Waals surface area contributed by atoms with Crippen molar-refractivity contribution in [3.05, 3.63) is 59.2 Å². The van der Waals surface area contributed by atoms with E-state index < -0.39 is 0 Å². The van der Waals surface area contributed by atoms with E-state index in [1.54, 1.807) is 11.8 Å². The smallest absolute Gasteiger partial charge is 0.254 e. The van der Waals surface area contributed by atoms with E-state index in [0.717, 1.165) is 42.2 Å². The third-order valence-corrected chi connectivity index (χ3v) is 5.33. The molecule has 0 aliphatic carbocycles. The van der Waals surface area contributed by atoms with Gasteiger partial charge in [-0.3, -0.25) is 4.79 Å². The van der Waals surface area contributed by atoms with Crippen molar-refractivity contribution in [3.8, 4) is 0 Å². The lowest BCUT2D eigenvalue weighted by Crippen LogP contribution is -2.49. The first kappa shape index (κ1) is 16.9. The van der Waals surface area contributed by atoms with Crippen molar-refractivity contribution >= 4 is 23.4 Å². The number of anilines is 1. The normalized spacial score (nSPS) is 14.8. The molecule has 0 bridgehead atoms. The van der Waals surface area contributed by atoms with Crippen molar-refractivity contribution in [2.24, 2.45) is 0 Å². The van der Waals surface area contributed by atoms with Crippen molar-refractivity contribution in [1.82, 2.24) is 4.90 Å². The van der Waals surface area contributed by atoms with Gasteiger partial charge < -0.3 is 9.80 Å². The van der Waals surface area contributed by atoms with E-state index in [-0.39, 0.29) is 5.91 Å². The molecule has 0 aromatic heterocycles. The fraction of sp³-hybridized carbons (Fsp3) is 0.350. The summed E-state index contributed by atoms with van der Waals surface area (Å²) in [7, 11) is 0. The molecule has 24 heavy (non-hydrogen) atoms. The lowest BCUT2D eigenvalue weighted by atomic mass is 10.1. The molecule has 3 rings (SSSR count). The molecule has 3 nitrogen and oxygen atoms in total. The molecule has 126 valence electrons. The molecule has 0 unspecified atom stereocenters. The molecule has 1 saturated heterocycles. The van der Waals surface area contributed by atoms with Crippen molar-refractivity contribution < 1.29 is 4.79 Å². The van der Waals surface area contributed by atoms with E-state index in [4.69, 9.17) is 0 Å². The van der Waals surface area contributed by atoms with Gasteiger partial charge in [0.1, 0.15) is 0 Å². The van der Waals surface area contributed by atoms with Gasteiger partial charge in [-0.05, 0) is 55.5 Å². The number of hydrogen-bond donors (Lipinski definition) is 0. The van der Waals surface area contributed by atoms with E-state index in [1.807, 2.05) is 30.2 Å². The van der Waals surface area contributed by atoms with E-state index >= 15 is 0 Å². The quantitative estimate of drug-likeness (QED) is 0.790. The molecular formula is C20H24N2OS. The molecule has 1 heterocycles. The molecule has 0 saturated carbocycles. The molecule has 0 radical (unpaired) electrons. The van der Waals surface area contributed by atoms with Gasteiger partial charge >= 0.3 is 0 Å². The summed E-state index contributed by atoms with van der Waals surface area (Å²) in [5, 5.41) is 0. The largest absolute Gasteiger partial charge is 0.368 e. The summed E-state index contributed by atoms with van der Waals surface area (Å²) in [5.74, 6) is 0.160. The first-order valence-corrected chi connectivity index (χ1v) is 9.56. The van der Waals surface area contributed by atoms with Crippen LogP contribution >= 0.6 is 11.8 Å². The number of piperazine rings is 1. The molecule has 2 aromatic carbocycles. The lowest BCUT2D eigenvalue weighted by Gasteiger charge is -2.36. The minimum absolute atomic E-state index is 0.160. The Labute approximate surface area is 148 Å². The van der Waals surface area contributed by atoms with Crippen LogP contribution in [0.1, 0.15) is 21.5 Å². The van der Waals surface area contributed by atoms with Crippen LogP contribution in [0.5, 0.6) is 0 Å². The summed E-state index contributed by atoms with van der Waals surface area (Å²) in [6, 6.07) is 14.7. The molecule has 1 amide bonds. The van der Waals surface area contributed by atoms with Crippen LogP contribution in [-0.4, -0.2) is 43.2 Å². The fourth-order valence-corrected chi connectivity index (χ4v) is 3.56. The van der Waals surface area contributed by atoms with Gasteiger partial charge in [-0.2, -0.15) is 0 Å². The second-order valence-corrected chi connectivity index (χ2v) is 7.18. The SMILES string of the molecule is CSc1ccc(C)c(C(=O)N2CCN(c3cccc(C)c3)CC2)c1. The van der Waals surface area contributed by atoms with Crippen LogP contribution in [0.25, 0.3) is 0 Å². The Kier molecular flexibility index (Phi) is 5.14. The number of benzene rings is 2. The maximum Gasteiger partial charge on any atom is 0.254 e. The molecule has 4 heteroatoms. The monoisotopic (exact) mass is 340 g/mol. The van der Waals surface area contributed by atoms with Crippen LogP contribution in [0.2, 0.25) is 0 Å². The minimum atomic E-state index is 0.160. The number of carbonyl (C=O) groups is 1. The first-order chi connectivity index (χ1) is 11.6. The molecule has 0 N–H and O–H groups in total. The highest BCUT2D eigenvalue weighted by Crippen LogP contribution is 2.22. The highest BCUT2D eigenvalue weighted by atomic mass is 32.2. The van der Waals surface area contributed by atoms with Crippen LogP contribution in [0.4, 0.5) is 5.69 Å². The van der Waals surface area contributed by atoms with Gasteiger partial charge in [0.15, 0.2) is 0 Å². The van der Waals surface area contributed by atoms with Crippen molar-refractivity contribution in [2.45, 2.75) is 18.7 Å². The second kappa shape index (κ2) is 7.31. The van der Waals surface area contributed by atoms with Crippen LogP contribution < -0.4 is 4.90 Å². The first-order valence-electron chi connectivity index (χ1n) is 8.34. The third-order valence-electron chi connectivity index (χ3n) is 4.61. The number of rotatable bonds is 3. The molecule has 0 spiro atoms. The fourth-order valence-electron chi connectivity index (χ4n) is 3.12. The van der Waals surface area contributed by atoms with Gasteiger partial charge in [0.25, 0.3) is 5.91 Å². The highest BCUT2D eigenvalue weighted by molar-refractivity contribution is 7.98. The summed E-state index contributed by atoms with van der Waals surface area (Å²) in [6.45, 7) is 7.45. The van der Waals surface area contributed by atoms with Crippen LogP contribution in [0, 0.1) is 13.8 Å². The second-order valence-electron chi connectivity index (χ2n) is 6.30. The zero-order valence-corrected chi connectivity index (χ0v) is 15.4. The average Bonchev–Trinajstić information content (AvgIpc) is 2.62. The molecular weight excluding hydrogens is 316 g/mol. The van der Waals surface area contributed by atoms with Gasteiger partial charge in [-0.15, -0.1) is 11.8 Å². The lowest BCUT2D eigenvalue weighted by molar-refractivity contribution is 0.0746. The Hall–Kier alpha value is -1.94.